The van der Waals surface area contributed by atoms with Gasteiger partial charge in [0.2, 0.25) is 0 Å². The molecular weight excluding hydrogens is 267 g/mol. The number of halogens is 3. The Morgan fingerprint density at radius 2 is 1.85 bits per heavy atom. The van der Waals surface area contributed by atoms with E-state index in [2.05, 4.69) is 11.9 Å². The lowest BCUT2D eigenvalue weighted by atomic mass is 10.2. The highest BCUT2D eigenvalue weighted by Crippen LogP contribution is 2.21. The van der Waals surface area contributed by atoms with Crippen LogP contribution in [0, 0.1) is 0 Å². The smallest absolute Gasteiger partial charge is 0.389 e. The van der Waals surface area contributed by atoms with Crippen LogP contribution in [0.1, 0.15) is 24.8 Å². The Bertz CT molecular complexity index is 387. The van der Waals surface area contributed by atoms with Gasteiger partial charge in [0, 0.05) is 13.0 Å². The van der Waals surface area contributed by atoms with Gasteiger partial charge in [-0.2, -0.15) is 13.2 Å². The first-order chi connectivity index (χ1) is 9.51. The lowest BCUT2D eigenvalue weighted by molar-refractivity contribution is -0.135. The van der Waals surface area contributed by atoms with Gasteiger partial charge in [0.1, 0.15) is 12.4 Å². The summed E-state index contributed by atoms with van der Waals surface area (Å²) in [5, 5.41) is 3.13. The summed E-state index contributed by atoms with van der Waals surface area (Å²) >= 11 is 0. The molecular formula is C15H20F3NO. The lowest BCUT2D eigenvalue weighted by Crippen LogP contribution is -2.15. The minimum Gasteiger partial charge on any atom is -0.490 e. The average molecular weight is 287 g/mol. The van der Waals surface area contributed by atoms with Gasteiger partial charge in [0.25, 0.3) is 0 Å². The van der Waals surface area contributed by atoms with Crippen LogP contribution in [-0.2, 0) is 6.54 Å². The Labute approximate surface area is 117 Å². The third-order valence-electron chi connectivity index (χ3n) is 2.68. The normalized spacial score (nSPS) is 11.3. The lowest BCUT2D eigenvalue weighted by Gasteiger charge is -2.08. The van der Waals surface area contributed by atoms with E-state index in [1.807, 2.05) is 24.3 Å². The highest BCUT2D eigenvalue weighted by molar-refractivity contribution is 5.27. The molecule has 0 saturated carbocycles. The molecule has 0 fully saturated rings. The summed E-state index contributed by atoms with van der Waals surface area (Å²) in [4.78, 5) is 0. The zero-order chi connectivity index (χ0) is 14.8. The molecule has 0 heterocycles. The van der Waals surface area contributed by atoms with Gasteiger partial charge in [-0.3, -0.25) is 0 Å². The molecule has 0 aliphatic carbocycles. The van der Waals surface area contributed by atoms with E-state index in [4.69, 9.17) is 4.74 Å². The molecule has 20 heavy (non-hydrogen) atoms. The van der Waals surface area contributed by atoms with Crippen molar-refractivity contribution in [3.05, 3.63) is 42.5 Å². The van der Waals surface area contributed by atoms with Crippen molar-refractivity contribution in [1.82, 2.24) is 5.32 Å². The summed E-state index contributed by atoms with van der Waals surface area (Å²) in [7, 11) is 0. The van der Waals surface area contributed by atoms with E-state index in [-0.39, 0.29) is 6.42 Å². The molecule has 1 aromatic carbocycles. The number of nitrogens with one attached hydrogen (secondary N) is 1. The summed E-state index contributed by atoms with van der Waals surface area (Å²) in [6.07, 6.45) is -2.37. The van der Waals surface area contributed by atoms with Crippen molar-refractivity contribution < 1.29 is 17.9 Å². The molecule has 1 aromatic rings. The van der Waals surface area contributed by atoms with Crippen LogP contribution in [0.4, 0.5) is 13.2 Å². The summed E-state index contributed by atoms with van der Waals surface area (Å²) in [5.41, 5.74) is 1.08. The fraction of sp³-hybridized carbons (Fsp3) is 0.467. The predicted molar refractivity (Wildman–Crippen MR) is 73.7 cm³/mol. The number of alkyl halides is 3. The van der Waals surface area contributed by atoms with Crippen LogP contribution in [0.3, 0.4) is 0 Å². The standard InChI is InChI=1S/C15H20F3NO/c1-2-11-20-14-7-5-13(6-8-14)12-19-10-4-3-9-15(16,17)18/h2,5-8,19H,1,3-4,9-12H2. The van der Waals surface area contributed by atoms with Gasteiger partial charge in [-0.15, -0.1) is 0 Å². The second-order valence-electron chi connectivity index (χ2n) is 4.49. The van der Waals surface area contributed by atoms with E-state index in [1.165, 1.54) is 0 Å². The van der Waals surface area contributed by atoms with Crippen molar-refractivity contribution in [3.63, 3.8) is 0 Å². The highest BCUT2D eigenvalue weighted by Gasteiger charge is 2.25. The van der Waals surface area contributed by atoms with E-state index in [1.54, 1.807) is 6.08 Å². The zero-order valence-electron chi connectivity index (χ0n) is 11.4. The summed E-state index contributed by atoms with van der Waals surface area (Å²) in [6.45, 7) is 5.27. The fourth-order valence-electron chi connectivity index (χ4n) is 1.67. The SMILES string of the molecule is C=CCOc1ccc(CNCCCCC(F)(F)F)cc1. The van der Waals surface area contributed by atoms with Crippen LogP contribution in [0.25, 0.3) is 0 Å². The van der Waals surface area contributed by atoms with E-state index in [9.17, 15) is 13.2 Å². The summed E-state index contributed by atoms with van der Waals surface area (Å²) in [5.74, 6) is 0.777. The Kier molecular flexibility index (Phi) is 7.15. The van der Waals surface area contributed by atoms with Crippen LogP contribution < -0.4 is 10.1 Å². The first-order valence-corrected chi connectivity index (χ1v) is 6.61. The second kappa shape index (κ2) is 8.64. The van der Waals surface area contributed by atoms with Crippen molar-refractivity contribution in [2.75, 3.05) is 13.2 Å². The average Bonchev–Trinajstić information content (AvgIpc) is 2.40. The maximum atomic E-state index is 11.9. The molecule has 0 aliphatic heterocycles. The molecule has 0 radical (unpaired) electrons. The van der Waals surface area contributed by atoms with Crippen molar-refractivity contribution in [1.29, 1.82) is 0 Å². The molecule has 0 saturated heterocycles. The first kappa shape index (κ1) is 16.6. The monoisotopic (exact) mass is 287 g/mol. The van der Waals surface area contributed by atoms with Crippen LogP contribution in [0.15, 0.2) is 36.9 Å². The molecule has 1 rings (SSSR count). The Morgan fingerprint density at radius 1 is 1.15 bits per heavy atom. The first-order valence-electron chi connectivity index (χ1n) is 6.61. The van der Waals surface area contributed by atoms with Gasteiger partial charge in [0.05, 0.1) is 0 Å². The van der Waals surface area contributed by atoms with Crippen LogP contribution in [0.5, 0.6) is 5.75 Å². The van der Waals surface area contributed by atoms with Crippen LogP contribution in [0.2, 0.25) is 0 Å². The quantitative estimate of drug-likeness (QED) is 0.546. The number of hydrogen-bond donors (Lipinski definition) is 1. The number of benzene rings is 1. The fourth-order valence-corrected chi connectivity index (χ4v) is 1.67. The second-order valence-corrected chi connectivity index (χ2v) is 4.49. The van der Waals surface area contributed by atoms with Gasteiger partial charge in [-0.05, 0) is 37.1 Å². The molecule has 0 amide bonds. The third kappa shape index (κ3) is 7.84. The van der Waals surface area contributed by atoms with Crippen LogP contribution in [-0.4, -0.2) is 19.3 Å². The Hall–Kier alpha value is -1.49. The molecule has 0 aliphatic rings. The predicted octanol–water partition coefficient (Wildman–Crippen LogP) is 4.07. The minimum absolute atomic E-state index is 0.171. The van der Waals surface area contributed by atoms with Crippen molar-refractivity contribution in [3.8, 4) is 5.75 Å². The van der Waals surface area contributed by atoms with E-state index >= 15 is 0 Å². The number of ether oxygens (including phenoxy) is 1. The van der Waals surface area contributed by atoms with Gasteiger partial charge in [0.15, 0.2) is 0 Å². The largest absolute Gasteiger partial charge is 0.490 e. The van der Waals surface area contributed by atoms with Crippen LogP contribution >= 0.6 is 0 Å². The highest BCUT2D eigenvalue weighted by atomic mass is 19.4. The molecule has 0 unspecified atom stereocenters. The molecule has 1 N–H and O–H groups in total. The van der Waals surface area contributed by atoms with Gasteiger partial charge < -0.3 is 10.1 Å². The molecule has 0 aromatic heterocycles. The van der Waals surface area contributed by atoms with Crippen molar-refractivity contribution in [2.45, 2.75) is 32.0 Å². The Morgan fingerprint density at radius 3 is 2.45 bits per heavy atom. The zero-order valence-corrected chi connectivity index (χ0v) is 11.4. The number of rotatable bonds is 9. The Balaban J connectivity index is 2.14. The van der Waals surface area contributed by atoms with Crippen molar-refractivity contribution in [2.24, 2.45) is 0 Å². The maximum Gasteiger partial charge on any atom is 0.389 e. The minimum atomic E-state index is -4.04. The van der Waals surface area contributed by atoms with Gasteiger partial charge >= 0.3 is 6.18 Å². The topological polar surface area (TPSA) is 21.3 Å². The van der Waals surface area contributed by atoms with Gasteiger partial charge in [-0.1, -0.05) is 24.8 Å². The number of unbranched alkanes of at least 4 members (excludes halogenated alkanes) is 1. The summed E-state index contributed by atoms with van der Waals surface area (Å²) in [6, 6.07) is 7.59. The van der Waals surface area contributed by atoms with Crippen molar-refractivity contribution >= 4 is 0 Å². The van der Waals surface area contributed by atoms with E-state index < -0.39 is 12.6 Å². The molecule has 5 heteroatoms. The summed E-state index contributed by atoms with van der Waals surface area (Å²) < 4.78 is 41.1. The molecule has 0 spiro atoms. The molecule has 2 nitrogen and oxygen atoms in total. The van der Waals surface area contributed by atoms with Gasteiger partial charge in [-0.25, -0.2) is 0 Å². The number of hydrogen-bond acceptors (Lipinski definition) is 2. The van der Waals surface area contributed by atoms with E-state index in [0.717, 1.165) is 11.3 Å². The molecule has 0 bridgehead atoms. The van der Waals surface area contributed by atoms with E-state index in [0.29, 0.717) is 26.1 Å². The molecule has 0 atom stereocenters. The maximum absolute atomic E-state index is 11.9. The third-order valence-corrected chi connectivity index (χ3v) is 2.68. The molecule has 112 valence electrons.